The zero-order valence-corrected chi connectivity index (χ0v) is 12.3. The van der Waals surface area contributed by atoms with Crippen LogP contribution in [0.3, 0.4) is 0 Å². The summed E-state index contributed by atoms with van der Waals surface area (Å²) >= 11 is 0. The van der Waals surface area contributed by atoms with Gasteiger partial charge in [0.05, 0.1) is 0 Å². The lowest BCUT2D eigenvalue weighted by Gasteiger charge is -2.36. The molecule has 1 aromatic carbocycles. The highest BCUT2D eigenvalue weighted by atomic mass is 15.2. The highest BCUT2D eigenvalue weighted by molar-refractivity contribution is 5.93. The number of benzene rings is 1. The largest absolute Gasteiger partial charge is 0.369 e. The minimum Gasteiger partial charge on any atom is -0.369 e. The van der Waals surface area contributed by atoms with Gasteiger partial charge in [0.1, 0.15) is 0 Å². The van der Waals surface area contributed by atoms with E-state index in [4.69, 9.17) is 0 Å². The van der Waals surface area contributed by atoms with Crippen LogP contribution in [0.1, 0.15) is 26.7 Å². The lowest BCUT2D eigenvalue weighted by molar-refractivity contribution is 0.395. The molecule has 0 saturated carbocycles. The van der Waals surface area contributed by atoms with Crippen LogP contribution >= 0.6 is 0 Å². The number of nitrogens with zero attached hydrogens (tertiary/aromatic N) is 2. The second-order valence-electron chi connectivity index (χ2n) is 5.98. The molecule has 0 amide bonds. The Morgan fingerprint density at radius 2 is 2.20 bits per heavy atom. The minimum absolute atomic E-state index is 0.552. The molecule has 3 rings (SSSR count). The normalized spacial score (nSPS) is 19.8. The predicted molar refractivity (Wildman–Crippen MR) is 85.2 cm³/mol. The second-order valence-corrected chi connectivity index (χ2v) is 5.98. The molecule has 1 N–H and O–H groups in total. The molecule has 1 atom stereocenters. The molecule has 1 aromatic heterocycles. The summed E-state index contributed by atoms with van der Waals surface area (Å²) in [7, 11) is 0. The van der Waals surface area contributed by atoms with Gasteiger partial charge in [0.15, 0.2) is 0 Å². The molecule has 3 heteroatoms. The van der Waals surface area contributed by atoms with Gasteiger partial charge in [-0.25, -0.2) is 0 Å². The molecule has 1 aliphatic heterocycles. The van der Waals surface area contributed by atoms with E-state index < -0.39 is 0 Å². The maximum atomic E-state index is 4.22. The van der Waals surface area contributed by atoms with Gasteiger partial charge in [0.2, 0.25) is 0 Å². The third-order valence-electron chi connectivity index (χ3n) is 3.99. The Morgan fingerprint density at radius 1 is 1.30 bits per heavy atom. The van der Waals surface area contributed by atoms with Gasteiger partial charge in [0.25, 0.3) is 0 Å². The van der Waals surface area contributed by atoms with Crippen molar-refractivity contribution in [3.05, 3.63) is 36.7 Å². The van der Waals surface area contributed by atoms with E-state index in [2.05, 4.69) is 53.3 Å². The van der Waals surface area contributed by atoms with Crippen molar-refractivity contribution >= 4 is 16.5 Å². The zero-order chi connectivity index (χ0) is 13.9. The highest BCUT2D eigenvalue weighted by Gasteiger charge is 2.21. The third-order valence-corrected chi connectivity index (χ3v) is 3.99. The van der Waals surface area contributed by atoms with Crippen molar-refractivity contribution in [2.45, 2.75) is 38.8 Å². The summed E-state index contributed by atoms with van der Waals surface area (Å²) in [5, 5.41) is 6.21. The number of piperidine rings is 1. The van der Waals surface area contributed by atoms with Crippen molar-refractivity contribution in [2.24, 2.45) is 0 Å². The minimum atomic E-state index is 0.552. The quantitative estimate of drug-likeness (QED) is 0.927. The van der Waals surface area contributed by atoms with E-state index in [0.29, 0.717) is 12.1 Å². The van der Waals surface area contributed by atoms with Gasteiger partial charge >= 0.3 is 0 Å². The number of hydrogen-bond acceptors (Lipinski definition) is 3. The Morgan fingerprint density at radius 3 is 3.05 bits per heavy atom. The van der Waals surface area contributed by atoms with E-state index in [1.54, 1.807) is 0 Å². The van der Waals surface area contributed by atoms with E-state index in [1.165, 1.54) is 29.3 Å². The number of rotatable bonds is 3. The smallest absolute Gasteiger partial charge is 0.0447 e. The SMILES string of the molecule is CC(C)NC1CCCN(c2cccc3cnccc23)C1. The summed E-state index contributed by atoms with van der Waals surface area (Å²) in [4.78, 5) is 6.74. The standard InChI is InChI=1S/C17H23N3/c1-13(2)19-15-6-4-10-20(12-15)17-7-3-5-14-11-18-9-8-16(14)17/h3,5,7-9,11,13,15,19H,4,6,10,12H2,1-2H3. The van der Waals surface area contributed by atoms with Gasteiger partial charge in [-0.3, -0.25) is 4.98 Å². The lowest BCUT2D eigenvalue weighted by Crippen LogP contribution is -2.47. The van der Waals surface area contributed by atoms with E-state index in [-0.39, 0.29) is 0 Å². The van der Waals surface area contributed by atoms with Crippen LogP contribution in [0, 0.1) is 0 Å². The fourth-order valence-electron chi connectivity index (χ4n) is 3.18. The predicted octanol–water partition coefficient (Wildman–Crippen LogP) is 3.20. The molecule has 0 radical (unpaired) electrons. The van der Waals surface area contributed by atoms with Crippen LogP contribution in [0.4, 0.5) is 5.69 Å². The number of nitrogens with one attached hydrogen (secondary N) is 1. The molecule has 3 nitrogen and oxygen atoms in total. The Labute approximate surface area is 121 Å². The van der Waals surface area contributed by atoms with Crippen molar-refractivity contribution in [1.29, 1.82) is 0 Å². The first-order chi connectivity index (χ1) is 9.74. The summed E-state index contributed by atoms with van der Waals surface area (Å²) in [6.07, 6.45) is 6.37. The van der Waals surface area contributed by atoms with Crippen LogP contribution in [0.5, 0.6) is 0 Å². The lowest BCUT2D eigenvalue weighted by atomic mass is 10.0. The van der Waals surface area contributed by atoms with Crippen LogP contribution in [-0.4, -0.2) is 30.2 Å². The molecular weight excluding hydrogens is 246 g/mol. The average Bonchev–Trinajstić information content (AvgIpc) is 2.46. The van der Waals surface area contributed by atoms with E-state index >= 15 is 0 Å². The van der Waals surface area contributed by atoms with Gasteiger partial charge in [-0.05, 0) is 25.0 Å². The molecule has 1 unspecified atom stereocenters. The molecule has 2 aromatic rings. The topological polar surface area (TPSA) is 28.2 Å². The van der Waals surface area contributed by atoms with Crippen LogP contribution in [-0.2, 0) is 0 Å². The van der Waals surface area contributed by atoms with E-state index in [9.17, 15) is 0 Å². The van der Waals surface area contributed by atoms with Crippen LogP contribution in [0.25, 0.3) is 10.8 Å². The Hall–Kier alpha value is -1.61. The second kappa shape index (κ2) is 5.80. The number of anilines is 1. The van der Waals surface area contributed by atoms with Gasteiger partial charge in [0, 0.05) is 54.0 Å². The summed E-state index contributed by atoms with van der Waals surface area (Å²) in [5.41, 5.74) is 1.35. The Bertz CT molecular complexity index is 574. The zero-order valence-electron chi connectivity index (χ0n) is 12.3. The molecule has 1 saturated heterocycles. The highest BCUT2D eigenvalue weighted by Crippen LogP contribution is 2.28. The van der Waals surface area contributed by atoms with Gasteiger partial charge in [-0.2, -0.15) is 0 Å². The molecule has 1 aliphatic rings. The van der Waals surface area contributed by atoms with Crippen molar-refractivity contribution in [1.82, 2.24) is 10.3 Å². The van der Waals surface area contributed by atoms with Crippen molar-refractivity contribution in [2.75, 3.05) is 18.0 Å². The van der Waals surface area contributed by atoms with Crippen LogP contribution in [0.2, 0.25) is 0 Å². The first-order valence-electron chi connectivity index (χ1n) is 7.58. The molecule has 0 aliphatic carbocycles. The number of pyridine rings is 1. The molecule has 0 spiro atoms. The first kappa shape index (κ1) is 13.4. The fraction of sp³-hybridized carbons (Fsp3) is 0.471. The first-order valence-corrected chi connectivity index (χ1v) is 7.58. The van der Waals surface area contributed by atoms with Gasteiger partial charge in [-0.1, -0.05) is 26.0 Å². The summed E-state index contributed by atoms with van der Waals surface area (Å²) in [5.74, 6) is 0. The van der Waals surface area contributed by atoms with E-state index in [1.807, 2.05) is 12.4 Å². The van der Waals surface area contributed by atoms with Gasteiger partial charge < -0.3 is 10.2 Å². The summed E-state index contributed by atoms with van der Waals surface area (Å²) in [6, 6.07) is 9.79. The molecule has 20 heavy (non-hydrogen) atoms. The summed E-state index contributed by atoms with van der Waals surface area (Å²) in [6.45, 7) is 6.70. The number of hydrogen-bond donors (Lipinski definition) is 1. The third kappa shape index (κ3) is 2.78. The Kier molecular flexibility index (Phi) is 3.88. The number of fused-ring (bicyclic) bond motifs is 1. The monoisotopic (exact) mass is 269 g/mol. The van der Waals surface area contributed by atoms with Crippen LogP contribution < -0.4 is 10.2 Å². The number of aromatic nitrogens is 1. The molecule has 106 valence electrons. The summed E-state index contributed by atoms with van der Waals surface area (Å²) < 4.78 is 0. The maximum Gasteiger partial charge on any atom is 0.0447 e. The average molecular weight is 269 g/mol. The van der Waals surface area contributed by atoms with Crippen molar-refractivity contribution in [3.63, 3.8) is 0 Å². The fourth-order valence-corrected chi connectivity index (χ4v) is 3.18. The van der Waals surface area contributed by atoms with E-state index in [0.717, 1.165) is 13.1 Å². The molecule has 2 heterocycles. The molecular formula is C17H23N3. The van der Waals surface area contributed by atoms with Gasteiger partial charge in [-0.15, -0.1) is 0 Å². The Balaban J connectivity index is 1.87. The molecule has 0 bridgehead atoms. The maximum absolute atomic E-state index is 4.22. The molecule has 1 fully saturated rings. The van der Waals surface area contributed by atoms with Crippen LogP contribution in [0.15, 0.2) is 36.7 Å². The van der Waals surface area contributed by atoms with Crippen molar-refractivity contribution in [3.8, 4) is 0 Å². The van der Waals surface area contributed by atoms with Crippen molar-refractivity contribution < 1.29 is 0 Å².